The number of hydrogen-bond donors (Lipinski definition) is 2. The number of carbonyl (C=O) groups excluding carboxylic acids is 1. The van der Waals surface area contributed by atoms with Gasteiger partial charge in [0.15, 0.2) is 0 Å². The molecule has 0 bridgehead atoms. The molecule has 0 saturated heterocycles. The van der Waals surface area contributed by atoms with Crippen LogP contribution in [0.15, 0.2) is 22.9 Å². The molecular weight excluding hydrogens is 258 g/mol. The van der Waals surface area contributed by atoms with Gasteiger partial charge in [0.2, 0.25) is 5.91 Å². The van der Waals surface area contributed by atoms with Gasteiger partial charge in [0, 0.05) is 12.6 Å². The van der Waals surface area contributed by atoms with Crippen molar-refractivity contribution in [2.24, 2.45) is 11.7 Å². The fourth-order valence-electron chi connectivity index (χ4n) is 1.08. The molecule has 15 heavy (non-hydrogen) atoms. The normalized spacial score (nSPS) is 12.2. The summed E-state index contributed by atoms with van der Waals surface area (Å²) in [4.78, 5) is 15.5. The summed E-state index contributed by atoms with van der Waals surface area (Å²) in [5, 5.41) is 2.77. The number of carbonyl (C=O) groups is 1. The van der Waals surface area contributed by atoms with Gasteiger partial charge in [0.05, 0.1) is 5.69 Å². The van der Waals surface area contributed by atoms with E-state index in [0.29, 0.717) is 23.3 Å². The van der Waals surface area contributed by atoms with Gasteiger partial charge in [-0.2, -0.15) is 0 Å². The van der Waals surface area contributed by atoms with Crippen LogP contribution in [-0.2, 0) is 4.79 Å². The van der Waals surface area contributed by atoms with Crippen molar-refractivity contribution in [3.8, 4) is 0 Å². The van der Waals surface area contributed by atoms with Crippen molar-refractivity contribution in [2.45, 2.75) is 13.3 Å². The molecule has 1 unspecified atom stereocenters. The van der Waals surface area contributed by atoms with Crippen LogP contribution in [0.1, 0.15) is 13.3 Å². The molecule has 0 spiro atoms. The van der Waals surface area contributed by atoms with Crippen LogP contribution in [0.25, 0.3) is 0 Å². The lowest BCUT2D eigenvalue weighted by molar-refractivity contribution is -0.116. The number of nitrogens with zero attached hydrogens (tertiary/aromatic N) is 1. The van der Waals surface area contributed by atoms with Crippen LogP contribution >= 0.6 is 15.9 Å². The van der Waals surface area contributed by atoms with Crippen LogP contribution in [-0.4, -0.2) is 17.4 Å². The first-order valence-electron chi connectivity index (χ1n) is 4.74. The Morgan fingerprint density at radius 1 is 1.73 bits per heavy atom. The number of halogens is 1. The highest BCUT2D eigenvalue weighted by Crippen LogP contribution is 2.18. The van der Waals surface area contributed by atoms with Gasteiger partial charge in [-0.15, -0.1) is 0 Å². The van der Waals surface area contributed by atoms with Crippen molar-refractivity contribution in [3.63, 3.8) is 0 Å². The molecule has 1 aromatic rings. The van der Waals surface area contributed by atoms with E-state index in [4.69, 9.17) is 5.73 Å². The van der Waals surface area contributed by atoms with Crippen molar-refractivity contribution in [1.82, 2.24) is 4.98 Å². The molecule has 0 fully saturated rings. The summed E-state index contributed by atoms with van der Waals surface area (Å²) in [5.41, 5.74) is 6.13. The van der Waals surface area contributed by atoms with Gasteiger partial charge in [-0.3, -0.25) is 4.79 Å². The number of pyridine rings is 1. The molecule has 0 aliphatic rings. The largest absolute Gasteiger partial charge is 0.330 e. The standard InChI is InChI=1S/C10H14BrN3O/c1-7(6-12)5-9(15)14-8-3-2-4-13-10(8)11/h2-4,7H,5-6,12H2,1H3,(H,14,15). The monoisotopic (exact) mass is 271 g/mol. The van der Waals surface area contributed by atoms with Crippen LogP contribution in [0.4, 0.5) is 5.69 Å². The van der Waals surface area contributed by atoms with Gasteiger partial charge in [-0.25, -0.2) is 4.98 Å². The van der Waals surface area contributed by atoms with E-state index < -0.39 is 0 Å². The van der Waals surface area contributed by atoms with Crippen LogP contribution in [0.2, 0.25) is 0 Å². The van der Waals surface area contributed by atoms with Crippen molar-refractivity contribution in [1.29, 1.82) is 0 Å². The van der Waals surface area contributed by atoms with Gasteiger partial charge < -0.3 is 11.1 Å². The zero-order valence-electron chi connectivity index (χ0n) is 8.53. The Labute approximate surface area is 97.4 Å². The third kappa shape index (κ3) is 3.97. The second-order valence-corrected chi connectivity index (χ2v) is 4.19. The summed E-state index contributed by atoms with van der Waals surface area (Å²) in [6.45, 7) is 2.46. The third-order valence-corrected chi connectivity index (χ3v) is 2.60. The molecule has 3 N–H and O–H groups in total. The summed E-state index contributed by atoms with van der Waals surface area (Å²) >= 11 is 3.26. The molecule has 0 aliphatic heterocycles. The van der Waals surface area contributed by atoms with Crippen LogP contribution in [0, 0.1) is 5.92 Å². The Hall–Kier alpha value is -0.940. The summed E-state index contributed by atoms with van der Waals surface area (Å²) in [6, 6.07) is 3.56. The highest BCUT2D eigenvalue weighted by Gasteiger charge is 2.09. The van der Waals surface area contributed by atoms with Gasteiger partial charge in [-0.05, 0) is 40.5 Å². The molecule has 0 aliphatic carbocycles. The zero-order valence-corrected chi connectivity index (χ0v) is 10.1. The van der Waals surface area contributed by atoms with E-state index in [2.05, 4.69) is 26.2 Å². The van der Waals surface area contributed by atoms with E-state index in [0.717, 1.165) is 0 Å². The van der Waals surface area contributed by atoms with E-state index in [1.54, 1.807) is 18.3 Å². The molecule has 0 saturated carbocycles. The molecule has 4 nitrogen and oxygen atoms in total. The maximum atomic E-state index is 11.5. The molecular formula is C10H14BrN3O. The minimum atomic E-state index is -0.0401. The van der Waals surface area contributed by atoms with Crippen LogP contribution < -0.4 is 11.1 Å². The molecule has 5 heteroatoms. The molecule has 1 aromatic heterocycles. The van der Waals surface area contributed by atoms with Crippen LogP contribution in [0.5, 0.6) is 0 Å². The fourth-order valence-corrected chi connectivity index (χ4v) is 1.43. The van der Waals surface area contributed by atoms with Crippen molar-refractivity contribution < 1.29 is 4.79 Å². The summed E-state index contributed by atoms with van der Waals surface area (Å²) in [5.74, 6) is 0.155. The maximum Gasteiger partial charge on any atom is 0.224 e. The zero-order chi connectivity index (χ0) is 11.3. The van der Waals surface area contributed by atoms with Crippen molar-refractivity contribution in [3.05, 3.63) is 22.9 Å². The lowest BCUT2D eigenvalue weighted by Gasteiger charge is -2.09. The van der Waals surface area contributed by atoms with Crippen molar-refractivity contribution in [2.75, 3.05) is 11.9 Å². The van der Waals surface area contributed by atoms with Crippen LogP contribution in [0.3, 0.4) is 0 Å². The Kier molecular flexibility index (Phi) is 4.71. The first-order chi connectivity index (χ1) is 7.13. The first kappa shape index (κ1) is 12.1. The molecule has 1 rings (SSSR count). The lowest BCUT2D eigenvalue weighted by Crippen LogP contribution is -2.20. The van der Waals surface area contributed by atoms with E-state index in [1.807, 2.05) is 6.92 Å². The average molecular weight is 272 g/mol. The minimum Gasteiger partial charge on any atom is -0.330 e. The molecule has 0 aromatic carbocycles. The summed E-state index contributed by atoms with van der Waals surface area (Å²) < 4.78 is 0.638. The number of amides is 1. The maximum absolute atomic E-state index is 11.5. The van der Waals surface area contributed by atoms with Gasteiger partial charge in [0.1, 0.15) is 4.60 Å². The minimum absolute atomic E-state index is 0.0401. The number of nitrogens with one attached hydrogen (secondary N) is 1. The summed E-state index contributed by atoms with van der Waals surface area (Å²) in [7, 11) is 0. The Morgan fingerprint density at radius 3 is 3.07 bits per heavy atom. The summed E-state index contributed by atoms with van der Waals surface area (Å²) in [6.07, 6.45) is 2.08. The number of aromatic nitrogens is 1. The molecule has 0 radical (unpaired) electrons. The number of hydrogen-bond acceptors (Lipinski definition) is 3. The topological polar surface area (TPSA) is 68.0 Å². The van der Waals surface area contributed by atoms with E-state index in [9.17, 15) is 4.79 Å². The highest BCUT2D eigenvalue weighted by molar-refractivity contribution is 9.10. The fraction of sp³-hybridized carbons (Fsp3) is 0.400. The lowest BCUT2D eigenvalue weighted by atomic mass is 10.1. The molecule has 1 heterocycles. The van der Waals surface area contributed by atoms with Gasteiger partial charge in [0.25, 0.3) is 0 Å². The average Bonchev–Trinajstić information content (AvgIpc) is 2.21. The molecule has 82 valence electrons. The highest BCUT2D eigenvalue weighted by atomic mass is 79.9. The Balaban J connectivity index is 2.55. The quantitative estimate of drug-likeness (QED) is 0.821. The third-order valence-electron chi connectivity index (χ3n) is 1.97. The molecule has 1 amide bonds. The van der Waals surface area contributed by atoms with Gasteiger partial charge in [-0.1, -0.05) is 6.92 Å². The second kappa shape index (κ2) is 5.82. The number of anilines is 1. The Morgan fingerprint density at radius 2 is 2.47 bits per heavy atom. The predicted octanol–water partition coefficient (Wildman–Crippen LogP) is 1.77. The predicted molar refractivity (Wildman–Crippen MR) is 63.4 cm³/mol. The van der Waals surface area contributed by atoms with Crippen molar-refractivity contribution >= 4 is 27.5 Å². The van der Waals surface area contributed by atoms with E-state index in [-0.39, 0.29) is 11.8 Å². The number of rotatable bonds is 4. The first-order valence-corrected chi connectivity index (χ1v) is 5.53. The van der Waals surface area contributed by atoms with E-state index >= 15 is 0 Å². The smallest absolute Gasteiger partial charge is 0.224 e. The number of nitrogens with two attached hydrogens (primary N) is 1. The van der Waals surface area contributed by atoms with Gasteiger partial charge >= 0.3 is 0 Å². The Bertz CT molecular complexity index is 343. The second-order valence-electron chi connectivity index (χ2n) is 3.43. The van der Waals surface area contributed by atoms with E-state index in [1.165, 1.54) is 0 Å². The SMILES string of the molecule is CC(CN)CC(=O)Nc1cccnc1Br. The molecule has 1 atom stereocenters.